The molecule has 0 bridgehead atoms. The van der Waals surface area contributed by atoms with Gasteiger partial charge in [-0.2, -0.15) is 0 Å². The maximum Gasteiger partial charge on any atom is 0.255 e. The molecule has 0 aromatic heterocycles. The lowest BCUT2D eigenvalue weighted by molar-refractivity contribution is 0.102. The number of halogens is 2. The predicted octanol–water partition coefficient (Wildman–Crippen LogP) is 4.75. The van der Waals surface area contributed by atoms with Gasteiger partial charge < -0.3 is 5.32 Å². The summed E-state index contributed by atoms with van der Waals surface area (Å²) in [4.78, 5) is 12.2. The van der Waals surface area contributed by atoms with Crippen LogP contribution in [-0.4, -0.2) is 5.91 Å². The topological polar surface area (TPSA) is 29.1 Å². The van der Waals surface area contributed by atoms with Crippen LogP contribution in [-0.2, 0) is 5.88 Å². The van der Waals surface area contributed by atoms with Crippen LogP contribution in [0.1, 0.15) is 21.5 Å². The molecule has 0 aliphatic carbocycles. The van der Waals surface area contributed by atoms with Gasteiger partial charge in [0.25, 0.3) is 5.91 Å². The molecule has 2 aromatic carbocycles. The molecule has 0 unspecified atom stereocenters. The Hall–Kier alpha value is -1.32. The average Bonchev–Trinajstić information content (AvgIpc) is 2.44. The number of alkyl halides is 1. The van der Waals surface area contributed by atoms with Crippen LogP contribution in [0, 0.1) is 6.92 Å². The van der Waals surface area contributed by atoms with Crippen molar-refractivity contribution in [2.45, 2.75) is 12.8 Å². The van der Waals surface area contributed by atoms with E-state index in [0.29, 0.717) is 11.4 Å². The molecule has 4 heteroatoms. The average molecular weight is 339 g/mol. The molecule has 0 fully saturated rings. The standard InChI is InChI=1S/C15H13BrClNO/c1-10-13(16)6-3-7-14(10)18-15(19)12-5-2-4-11(8-12)9-17/h2-8H,9H2,1H3,(H,18,19). The Morgan fingerprint density at radius 2 is 2.00 bits per heavy atom. The van der Waals surface area contributed by atoms with Crippen molar-refractivity contribution in [3.63, 3.8) is 0 Å². The normalized spacial score (nSPS) is 10.3. The minimum absolute atomic E-state index is 0.131. The van der Waals surface area contributed by atoms with Gasteiger partial charge in [-0.3, -0.25) is 4.79 Å². The fourth-order valence-electron chi connectivity index (χ4n) is 1.73. The van der Waals surface area contributed by atoms with Gasteiger partial charge in [0.15, 0.2) is 0 Å². The van der Waals surface area contributed by atoms with E-state index < -0.39 is 0 Å². The number of carbonyl (C=O) groups excluding carboxylic acids is 1. The highest BCUT2D eigenvalue weighted by atomic mass is 79.9. The Balaban J connectivity index is 2.23. The summed E-state index contributed by atoms with van der Waals surface area (Å²) in [5.41, 5.74) is 3.35. The maximum atomic E-state index is 12.2. The van der Waals surface area contributed by atoms with Gasteiger partial charge in [-0.05, 0) is 42.3 Å². The molecule has 2 nitrogen and oxygen atoms in total. The summed E-state index contributed by atoms with van der Waals surface area (Å²) >= 11 is 9.22. The van der Waals surface area contributed by atoms with Gasteiger partial charge >= 0.3 is 0 Å². The monoisotopic (exact) mass is 337 g/mol. The summed E-state index contributed by atoms with van der Waals surface area (Å²) in [6.45, 7) is 1.95. The van der Waals surface area contributed by atoms with Crippen molar-refractivity contribution in [2.75, 3.05) is 5.32 Å². The summed E-state index contributed by atoms with van der Waals surface area (Å²) in [7, 11) is 0. The number of carbonyl (C=O) groups is 1. The van der Waals surface area contributed by atoms with Gasteiger partial charge in [-0.25, -0.2) is 0 Å². The first-order valence-corrected chi connectivity index (χ1v) is 7.16. The number of rotatable bonds is 3. The third kappa shape index (κ3) is 3.37. The Labute approximate surface area is 125 Å². The van der Waals surface area contributed by atoms with Crippen molar-refractivity contribution < 1.29 is 4.79 Å². The van der Waals surface area contributed by atoms with Gasteiger partial charge in [0.2, 0.25) is 0 Å². The van der Waals surface area contributed by atoms with E-state index in [1.165, 1.54) is 0 Å². The first-order chi connectivity index (χ1) is 9.11. The van der Waals surface area contributed by atoms with Crippen LogP contribution in [0.5, 0.6) is 0 Å². The fourth-order valence-corrected chi connectivity index (χ4v) is 2.27. The van der Waals surface area contributed by atoms with Gasteiger partial charge in [0.05, 0.1) is 0 Å². The molecule has 19 heavy (non-hydrogen) atoms. The highest BCUT2D eigenvalue weighted by molar-refractivity contribution is 9.10. The zero-order valence-corrected chi connectivity index (χ0v) is 12.8. The van der Waals surface area contributed by atoms with Crippen LogP contribution in [0.2, 0.25) is 0 Å². The van der Waals surface area contributed by atoms with E-state index >= 15 is 0 Å². The van der Waals surface area contributed by atoms with Crippen molar-refractivity contribution >= 4 is 39.1 Å². The summed E-state index contributed by atoms with van der Waals surface area (Å²) in [5, 5.41) is 2.91. The molecular formula is C15H13BrClNO. The summed E-state index contributed by atoms with van der Waals surface area (Å²) in [6, 6.07) is 13.0. The summed E-state index contributed by atoms with van der Waals surface area (Å²) in [6.07, 6.45) is 0. The molecule has 1 amide bonds. The van der Waals surface area contributed by atoms with E-state index in [2.05, 4.69) is 21.2 Å². The van der Waals surface area contributed by atoms with Crippen LogP contribution in [0.25, 0.3) is 0 Å². The molecule has 98 valence electrons. The van der Waals surface area contributed by atoms with Crippen LogP contribution in [0.15, 0.2) is 46.9 Å². The SMILES string of the molecule is Cc1c(Br)cccc1NC(=O)c1cccc(CCl)c1. The number of anilines is 1. The molecule has 0 aliphatic rings. The summed E-state index contributed by atoms with van der Waals surface area (Å²) < 4.78 is 0.972. The lowest BCUT2D eigenvalue weighted by Gasteiger charge is -2.10. The largest absolute Gasteiger partial charge is 0.322 e. The van der Waals surface area contributed by atoms with E-state index in [0.717, 1.165) is 21.3 Å². The lowest BCUT2D eigenvalue weighted by Crippen LogP contribution is -2.13. The van der Waals surface area contributed by atoms with E-state index in [9.17, 15) is 4.79 Å². The highest BCUT2D eigenvalue weighted by Crippen LogP contribution is 2.24. The van der Waals surface area contributed by atoms with Crippen molar-refractivity contribution in [2.24, 2.45) is 0 Å². The smallest absolute Gasteiger partial charge is 0.255 e. The first-order valence-electron chi connectivity index (χ1n) is 5.83. The van der Waals surface area contributed by atoms with E-state index in [1.54, 1.807) is 12.1 Å². The molecule has 2 aromatic rings. The van der Waals surface area contributed by atoms with Gasteiger partial charge in [-0.15, -0.1) is 11.6 Å². The number of benzene rings is 2. The Morgan fingerprint density at radius 1 is 1.26 bits per heavy atom. The quantitative estimate of drug-likeness (QED) is 0.804. The zero-order valence-electron chi connectivity index (χ0n) is 10.4. The van der Waals surface area contributed by atoms with Crippen LogP contribution >= 0.6 is 27.5 Å². The molecule has 0 spiro atoms. The van der Waals surface area contributed by atoms with Crippen LogP contribution < -0.4 is 5.32 Å². The third-order valence-electron chi connectivity index (χ3n) is 2.86. The zero-order chi connectivity index (χ0) is 13.8. The molecular weight excluding hydrogens is 326 g/mol. The second-order valence-corrected chi connectivity index (χ2v) is 5.32. The van der Waals surface area contributed by atoms with Crippen molar-refractivity contribution in [1.82, 2.24) is 0 Å². The Kier molecular flexibility index (Phi) is 4.61. The van der Waals surface area contributed by atoms with Gasteiger partial charge in [0, 0.05) is 21.6 Å². The van der Waals surface area contributed by atoms with E-state index in [1.807, 2.05) is 37.3 Å². The Bertz CT molecular complexity index is 613. The number of hydrogen-bond donors (Lipinski definition) is 1. The second kappa shape index (κ2) is 6.22. The lowest BCUT2D eigenvalue weighted by atomic mass is 10.1. The molecule has 0 heterocycles. The van der Waals surface area contributed by atoms with E-state index in [4.69, 9.17) is 11.6 Å². The van der Waals surface area contributed by atoms with Gasteiger partial charge in [-0.1, -0.05) is 34.1 Å². The van der Waals surface area contributed by atoms with Crippen LogP contribution in [0.3, 0.4) is 0 Å². The predicted molar refractivity (Wildman–Crippen MR) is 82.8 cm³/mol. The molecule has 0 saturated heterocycles. The van der Waals surface area contributed by atoms with Crippen molar-refractivity contribution in [3.8, 4) is 0 Å². The van der Waals surface area contributed by atoms with Gasteiger partial charge in [0.1, 0.15) is 0 Å². The second-order valence-electron chi connectivity index (χ2n) is 4.20. The molecule has 2 rings (SSSR count). The maximum absolute atomic E-state index is 12.2. The van der Waals surface area contributed by atoms with Crippen molar-refractivity contribution in [1.29, 1.82) is 0 Å². The molecule has 0 saturated carbocycles. The van der Waals surface area contributed by atoms with E-state index in [-0.39, 0.29) is 5.91 Å². The Morgan fingerprint density at radius 3 is 2.74 bits per heavy atom. The minimum Gasteiger partial charge on any atom is -0.322 e. The van der Waals surface area contributed by atoms with Crippen molar-refractivity contribution in [3.05, 3.63) is 63.6 Å². The number of hydrogen-bond acceptors (Lipinski definition) is 1. The molecule has 0 aliphatic heterocycles. The molecule has 1 N–H and O–H groups in total. The highest BCUT2D eigenvalue weighted by Gasteiger charge is 2.09. The number of nitrogens with one attached hydrogen (secondary N) is 1. The molecule has 0 atom stereocenters. The fraction of sp³-hybridized carbons (Fsp3) is 0.133. The first kappa shape index (κ1) is 14.1. The molecule has 0 radical (unpaired) electrons. The summed E-state index contributed by atoms with van der Waals surface area (Å²) in [5.74, 6) is 0.269. The number of amides is 1. The minimum atomic E-state index is -0.131. The van der Waals surface area contributed by atoms with Crippen LogP contribution in [0.4, 0.5) is 5.69 Å². The third-order valence-corrected chi connectivity index (χ3v) is 4.03.